The summed E-state index contributed by atoms with van der Waals surface area (Å²) in [6.07, 6.45) is 1.78. The highest BCUT2D eigenvalue weighted by Gasteiger charge is 2.16. The van der Waals surface area contributed by atoms with Crippen LogP contribution in [0.25, 0.3) is 55.6 Å². The van der Waals surface area contributed by atoms with Crippen LogP contribution in [0.15, 0.2) is 103 Å². The molecule has 0 saturated carbocycles. The van der Waals surface area contributed by atoms with Crippen LogP contribution < -0.4 is 0 Å². The molecule has 33 heavy (non-hydrogen) atoms. The minimum atomic E-state index is 0.156. The van der Waals surface area contributed by atoms with Crippen LogP contribution in [0, 0.1) is 0 Å². The molecule has 6 rings (SSSR count). The van der Waals surface area contributed by atoms with Gasteiger partial charge in [-0.15, -0.1) is 0 Å². The Morgan fingerprint density at radius 1 is 0.515 bits per heavy atom. The smallest absolute Gasteiger partial charge is 0.226 e. The third-order valence-corrected chi connectivity index (χ3v) is 5.89. The number of aromatic nitrogens is 4. The predicted octanol–water partition coefficient (Wildman–Crippen LogP) is 7.23. The van der Waals surface area contributed by atoms with Gasteiger partial charge in [0.1, 0.15) is 0 Å². The second-order valence-electron chi connectivity index (χ2n) is 7.70. The molecule has 5 heteroatoms. The molecule has 0 saturated heterocycles. The van der Waals surface area contributed by atoms with Crippen molar-refractivity contribution in [2.75, 3.05) is 0 Å². The van der Waals surface area contributed by atoms with Crippen LogP contribution in [0.4, 0.5) is 0 Å². The number of benzene rings is 4. The monoisotopic (exact) mass is 444 g/mol. The van der Waals surface area contributed by atoms with Gasteiger partial charge in [-0.2, -0.15) is 9.97 Å². The number of nitrogens with zero attached hydrogens (tertiary/aromatic N) is 4. The summed E-state index contributed by atoms with van der Waals surface area (Å²) in [5.41, 5.74) is 3.56. The van der Waals surface area contributed by atoms with Crippen molar-refractivity contribution in [3.8, 4) is 34.0 Å². The molecule has 0 spiro atoms. The van der Waals surface area contributed by atoms with Crippen molar-refractivity contribution in [2.24, 2.45) is 0 Å². The van der Waals surface area contributed by atoms with Crippen molar-refractivity contribution in [3.05, 3.63) is 109 Å². The molecule has 2 heterocycles. The SMILES string of the molecule is Clc1nc(-c2ccccc2-c2ccccn2)nc(-c2cc3ccccc3c3ccccc23)n1. The first-order valence-electron chi connectivity index (χ1n) is 10.6. The van der Waals surface area contributed by atoms with E-state index in [2.05, 4.69) is 51.4 Å². The maximum absolute atomic E-state index is 6.44. The molecule has 0 fully saturated rings. The maximum Gasteiger partial charge on any atom is 0.226 e. The van der Waals surface area contributed by atoms with Gasteiger partial charge in [0.2, 0.25) is 5.28 Å². The Kier molecular flexibility index (Phi) is 4.78. The number of hydrogen-bond donors (Lipinski definition) is 0. The largest absolute Gasteiger partial charge is 0.256 e. The Balaban J connectivity index is 1.60. The third-order valence-electron chi connectivity index (χ3n) is 5.73. The van der Waals surface area contributed by atoms with Crippen LogP contribution in [0.2, 0.25) is 5.28 Å². The van der Waals surface area contributed by atoms with E-state index in [-0.39, 0.29) is 5.28 Å². The van der Waals surface area contributed by atoms with E-state index in [1.807, 2.05) is 60.7 Å². The molecule has 0 amide bonds. The van der Waals surface area contributed by atoms with Gasteiger partial charge in [-0.1, -0.05) is 78.9 Å². The fourth-order valence-corrected chi connectivity index (χ4v) is 4.41. The molecule has 0 unspecified atom stereocenters. The van der Waals surface area contributed by atoms with Crippen LogP contribution in [0.5, 0.6) is 0 Å². The molecule has 0 aliphatic heterocycles. The zero-order chi connectivity index (χ0) is 22.2. The maximum atomic E-state index is 6.44. The zero-order valence-corrected chi connectivity index (χ0v) is 18.2. The summed E-state index contributed by atoms with van der Waals surface area (Å²) in [5, 5.41) is 4.69. The predicted molar refractivity (Wildman–Crippen MR) is 134 cm³/mol. The van der Waals surface area contributed by atoms with E-state index in [0.29, 0.717) is 11.6 Å². The van der Waals surface area contributed by atoms with E-state index in [1.54, 1.807) is 6.20 Å². The van der Waals surface area contributed by atoms with Crippen molar-refractivity contribution in [3.63, 3.8) is 0 Å². The van der Waals surface area contributed by atoms with E-state index in [0.717, 1.165) is 38.5 Å². The van der Waals surface area contributed by atoms with Crippen molar-refractivity contribution in [2.45, 2.75) is 0 Å². The molecule has 2 aromatic heterocycles. The normalized spacial score (nSPS) is 11.2. The minimum Gasteiger partial charge on any atom is -0.256 e. The lowest BCUT2D eigenvalue weighted by Gasteiger charge is -2.12. The molecule has 0 atom stereocenters. The second-order valence-corrected chi connectivity index (χ2v) is 8.04. The standard InChI is InChI=1S/C28H17ClN4/c29-28-32-26(23-14-6-5-13-22(23)25-15-7-8-16-30-25)31-27(33-28)24-17-18-9-1-2-10-19(18)20-11-3-4-12-21(20)24/h1-17H. The number of fused-ring (bicyclic) bond motifs is 3. The molecule has 156 valence electrons. The van der Waals surface area contributed by atoms with Gasteiger partial charge in [0.25, 0.3) is 0 Å². The lowest BCUT2D eigenvalue weighted by Crippen LogP contribution is -1.99. The van der Waals surface area contributed by atoms with Crippen molar-refractivity contribution >= 4 is 33.1 Å². The fourth-order valence-electron chi connectivity index (χ4n) is 4.25. The average molecular weight is 445 g/mol. The highest BCUT2D eigenvalue weighted by molar-refractivity contribution is 6.28. The third kappa shape index (κ3) is 3.51. The van der Waals surface area contributed by atoms with Crippen LogP contribution in [0.1, 0.15) is 0 Å². The molecule has 0 N–H and O–H groups in total. The highest BCUT2D eigenvalue weighted by atomic mass is 35.5. The summed E-state index contributed by atoms with van der Waals surface area (Å²) in [5.74, 6) is 1.06. The van der Waals surface area contributed by atoms with Crippen molar-refractivity contribution < 1.29 is 0 Å². The lowest BCUT2D eigenvalue weighted by molar-refractivity contribution is 1.07. The van der Waals surface area contributed by atoms with Gasteiger partial charge < -0.3 is 0 Å². The van der Waals surface area contributed by atoms with Gasteiger partial charge in [0.05, 0.1) is 5.69 Å². The Morgan fingerprint density at radius 2 is 1.15 bits per heavy atom. The number of halogens is 1. The summed E-state index contributed by atoms with van der Waals surface area (Å²) in [7, 11) is 0. The quantitative estimate of drug-likeness (QED) is 0.270. The minimum absolute atomic E-state index is 0.156. The first-order valence-corrected chi connectivity index (χ1v) is 11.0. The van der Waals surface area contributed by atoms with E-state index < -0.39 is 0 Å². The van der Waals surface area contributed by atoms with Gasteiger partial charge in [0, 0.05) is 22.9 Å². The summed E-state index contributed by atoms with van der Waals surface area (Å²) < 4.78 is 0. The second kappa shape index (κ2) is 8.08. The van der Waals surface area contributed by atoms with Gasteiger partial charge in [-0.3, -0.25) is 4.98 Å². The molecular weight excluding hydrogens is 428 g/mol. The van der Waals surface area contributed by atoms with E-state index in [9.17, 15) is 0 Å². The first-order chi connectivity index (χ1) is 16.3. The van der Waals surface area contributed by atoms with Crippen molar-refractivity contribution in [1.82, 2.24) is 19.9 Å². The molecule has 0 aliphatic rings. The lowest BCUT2D eigenvalue weighted by atomic mass is 9.97. The summed E-state index contributed by atoms with van der Waals surface area (Å²) in [6.45, 7) is 0. The molecule has 6 aromatic rings. The molecular formula is C28H17ClN4. The topological polar surface area (TPSA) is 51.6 Å². The summed E-state index contributed by atoms with van der Waals surface area (Å²) in [4.78, 5) is 18.4. The van der Waals surface area contributed by atoms with Crippen LogP contribution in [-0.2, 0) is 0 Å². The van der Waals surface area contributed by atoms with Gasteiger partial charge >= 0.3 is 0 Å². The molecule has 0 aliphatic carbocycles. The van der Waals surface area contributed by atoms with Crippen LogP contribution >= 0.6 is 11.6 Å². The van der Waals surface area contributed by atoms with Crippen LogP contribution in [0.3, 0.4) is 0 Å². The Morgan fingerprint density at radius 3 is 1.94 bits per heavy atom. The number of hydrogen-bond acceptors (Lipinski definition) is 4. The summed E-state index contributed by atoms with van der Waals surface area (Å²) >= 11 is 6.44. The Hall–Kier alpha value is -4.15. The molecule has 4 nitrogen and oxygen atoms in total. The van der Waals surface area contributed by atoms with Gasteiger partial charge in [0.15, 0.2) is 11.6 Å². The fraction of sp³-hybridized carbons (Fsp3) is 0. The Bertz CT molecular complexity index is 1630. The molecule has 0 bridgehead atoms. The van der Waals surface area contributed by atoms with E-state index in [1.165, 1.54) is 5.39 Å². The zero-order valence-electron chi connectivity index (χ0n) is 17.5. The van der Waals surface area contributed by atoms with E-state index in [4.69, 9.17) is 16.6 Å². The van der Waals surface area contributed by atoms with Crippen LogP contribution in [-0.4, -0.2) is 19.9 Å². The molecule has 0 radical (unpaired) electrons. The van der Waals surface area contributed by atoms with Gasteiger partial charge in [-0.05, 0) is 51.3 Å². The summed E-state index contributed by atoms with van der Waals surface area (Å²) in [6, 6.07) is 32.5. The first kappa shape index (κ1) is 19.5. The number of rotatable bonds is 3. The average Bonchev–Trinajstić information content (AvgIpc) is 2.88. The Labute approximate surface area is 195 Å². The van der Waals surface area contributed by atoms with Gasteiger partial charge in [-0.25, -0.2) is 4.98 Å². The number of pyridine rings is 1. The highest BCUT2D eigenvalue weighted by Crippen LogP contribution is 2.35. The van der Waals surface area contributed by atoms with E-state index >= 15 is 0 Å². The van der Waals surface area contributed by atoms with Crippen molar-refractivity contribution in [1.29, 1.82) is 0 Å². The molecule has 4 aromatic carbocycles.